The van der Waals surface area contributed by atoms with Gasteiger partial charge in [0.15, 0.2) is 0 Å². The van der Waals surface area contributed by atoms with Crippen LogP contribution >= 0.6 is 7.60 Å². The van der Waals surface area contributed by atoms with Gasteiger partial charge in [-0.25, -0.2) is 9.78 Å². The Balaban J connectivity index is 1.56. The van der Waals surface area contributed by atoms with Gasteiger partial charge in [0.05, 0.1) is 26.0 Å². The van der Waals surface area contributed by atoms with Crippen LogP contribution in [0.15, 0.2) is 72.9 Å². The molecule has 0 saturated heterocycles. The van der Waals surface area contributed by atoms with Crippen LogP contribution in [0.4, 0.5) is 22.0 Å². The van der Waals surface area contributed by atoms with Gasteiger partial charge in [-0.2, -0.15) is 0 Å². The van der Waals surface area contributed by atoms with E-state index in [4.69, 9.17) is 23.3 Å². The van der Waals surface area contributed by atoms with Crippen LogP contribution in [0, 0.1) is 0 Å². The first-order valence-corrected chi connectivity index (χ1v) is 15.1. The second-order valence-electron chi connectivity index (χ2n) is 10.1. The summed E-state index contributed by atoms with van der Waals surface area (Å²) in [6, 6.07) is 19.8. The molecule has 10 nitrogen and oxygen atoms in total. The van der Waals surface area contributed by atoms with Crippen molar-refractivity contribution in [2.75, 3.05) is 31.0 Å². The van der Waals surface area contributed by atoms with E-state index >= 15 is 0 Å². The van der Waals surface area contributed by atoms with Crippen molar-refractivity contribution in [1.29, 1.82) is 0 Å². The first kappa shape index (κ1) is 30.8. The average Bonchev–Trinajstić information content (AvgIpc) is 2.94. The summed E-state index contributed by atoms with van der Waals surface area (Å²) in [6.45, 7) is 9.42. The van der Waals surface area contributed by atoms with Crippen LogP contribution in [0.2, 0.25) is 0 Å². The molecule has 1 heterocycles. The molecule has 0 aliphatic carbocycles. The molecular weight excluding hydrogens is 557 g/mol. The summed E-state index contributed by atoms with van der Waals surface area (Å²) >= 11 is 0. The normalized spacial score (nSPS) is 11.7. The predicted molar refractivity (Wildman–Crippen MR) is 165 cm³/mol. The highest BCUT2D eigenvalue weighted by Crippen LogP contribution is 2.49. The lowest BCUT2D eigenvalue weighted by Gasteiger charge is -2.20. The van der Waals surface area contributed by atoms with Crippen molar-refractivity contribution in [1.82, 2.24) is 4.98 Å². The fourth-order valence-corrected chi connectivity index (χ4v) is 5.91. The minimum Gasteiger partial charge on any atom is -0.496 e. The third kappa shape index (κ3) is 7.59. The highest BCUT2D eigenvalue weighted by atomic mass is 31.2. The molecule has 0 aliphatic heterocycles. The molecule has 42 heavy (non-hydrogen) atoms. The van der Waals surface area contributed by atoms with Crippen molar-refractivity contribution < 1.29 is 32.6 Å². The Bertz CT molecular complexity index is 1590. The van der Waals surface area contributed by atoms with E-state index in [1.165, 1.54) is 7.11 Å². The highest BCUT2D eigenvalue weighted by molar-refractivity contribution is 7.62. The van der Waals surface area contributed by atoms with Gasteiger partial charge in [0.25, 0.3) is 0 Å². The van der Waals surface area contributed by atoms with Crippen LogP contribution in [-0.2, 0) is 18.3 Å². The van der Waals surface area contributed by atoms with Crippen molar-refractivity contribution in [3.63, 3.8) is 0 Å². The SMILES string of the molecule is CCOP(=O)(OCC)c1ccc(Nc2cc(Oc3ccc(NC(=O)OC(C)(C)C)c4ccccc34)ccn2)cc1OC. The summed E-state index contributed by atoms with van der Waals surface area (Å²) in [5, 5.41) is 8.02. The molecule has 1 amide bonds. The van der Waals surface area contributed by atoms with Crippen LogP contribution in [0.3, 0.4) is 0 Å². The van der Waals surface area contributed by atoms with Crippen LogP contribution in [-0.4, -0.2) is 37.0 Å². The molecule has 0 aliphatic rings. The maximum atomic E-state index is 13.3. The van der Waals surface area contributed by atoms with Crippen LogP contribution in [0.5, 0.6) is 17.2 Å². The number of benzene rings is 3. The summed E-state index contributed by atoms with van der Waals surface area (Å²) in [5.41, 5.74) is 0.653. The van der Waals surface area contributed by atoms with Crippen molar-refractivity contribution in [2.45, 2.75) is 40.2 Å². The number of aromatic nitrogens is 1. The molecule has 0 radical (unpaired) electrons. The van der Waals surface area contributed by atoms with E-state index in [1.54, 1.807) is 62.5 Å². The van der Waals surface area contributed by atoms with E-state index in [2.05, 4.69) is 15.6 Å². The number of carbonyl (C=O) groups is 1. The molecular formula is C31H36N3O7P. The molecule has 4 rings (SSSR count). The van der Waals surface area contributed by atoms with Crippen LogP contribution < -0.4 is 25.4 Å². The van der Waals surface area contributed by atoms with Gasteiger partial charge in [0, 0.05) is 34.8 Å². The molecule has 0 fully saturated rings. The Morgan fingerprint density at radius 1 is 0.905 bits per heavy atom. The van der Waals surface area contributed by atoms with Gasteiger partial charge in [-0.1, -0.05) is 24.3 Å². The molecule has 222 valence electrons. The first-order valence-electron chi connectivity index (χ1n) is 13.6. The standard InChI is InChI=1S/C31H36N3O7P/c1-7-38-42(36,39-8-2)28-16-13-21(19-27(28)37-6)33-29-20-22(17-18-32-29)40-26-15-14-25(23-11-9-10-12-24(23)26)34-30(35)41-31(3,4)5/h9-20H,7-8H2,1-6H3,(H,32,33)(H,34,35). The number of amides is 1. The van der Waals surface area contributed by atoms with Gasteiger partial charge in [-0.05, 0) is 65.0 Å². The maximum absolute atomic E-state index is 13.3. The van der Waals surface area contributed by atoms with E-state index in [1.807, 2.05) is 45.0 Å². The second-order valence-corrected chi connectivity index (χ2v) is 12.1. The molecule has 0 unspecified atom stereocenters. The number of nitrogens with one attached hydrogen (secondary N) is 2. The number of methoxy groups -OCH3 is 1. The number of nitrogens with zero attached hydrogens (tertiary/aromatic N) is 1. The molecule has 0 atom stereocenters. The fraction of sp³-hybridized carbons (Fsp3) is 0.290. The molecule has 4 aromatic rings. The minimum absolute atomic E-state index is 0.232. The van der Waals surface area contributed by atoms with Gasteiger partial charge >= 0.3 is 13.7 Å². The number of fused-ring (bicyclic) bond motifs is 1. The average molecular weight is 594 g/mol. The fourth-order valence-electron chi connectivity index (χ4n) is 4.20. The Morgan fingerprint density at radius 2 is 1.62 bits per heavy atom. The van der Waals surface area contributed by atoms with Crippen molar-refractivity contribution in [3.8, 4) is 17.2 Å². The van der Waals surface area contributed by atoms with Crippen LogP contribution in [0.1, 0.15) is 34.6 Å². The van der Waals surface area contributed by atoms with Gasteiger partial charge in [0.2, 0.25) is 0 Å². The first-order chi connectivity index (χ1) is 20.0. The predicted octanol–water partition coefficient (Wildman–Crippen LogP) is 8.02. The summed E-state index contributed by atoms with van der Waals surface area (Å²) in [4.78, 5) is 16.8. The summed E-state index contributed by atoms with van der Waals surface area (Å²) in [5.74, 6) is 2.04. The number of hydrogen-bond donors (Lipinski definition) is 2. The molecule has 0 saturated carbocycles. The number of anilines is 3. The van der Waals surface area contributed by atoms with E-state index in [0.717, 1.165) is 10.8 Å². The van der Waals surface area contributed by atoms with E-state index in [9.17, 15) is 9.36 Å². The largest absolute Gasteiger partial charge is 0.496 e. The van der Waals surface area contributed by atoms with Gasteiger partial charge in [-0.15, -0.1) is 0 Å². The lowest BCUT2D eigenvalue weighted by molar-refractivity contribution is 0.0636. The monoisotopic (exact) mass is 593 g/mol. The van der Waals surface area contributed by atoms with Crippen LogP contribution in [0.25, 0.3) is 10.8 Å². The number of pyridine rings is 1. The summed E-state index contributed by atoms with van der Waals surface area (Å²) < 4.78 is 41.4. The zero-order chi connectivity index (χ0) is 30.3. The Morgan fingerprint density at radius 3 is 2.29 bits per heavy atom. The summed E-state index contributed by atoms with van der Waals surface area (Å²) in [7, 11) is -2.04. The highest BCUT2D eigenvalue weighted by Gasteiger charge is 2.30. The number of hydrogen-bond acceptors (Lipinski definition) is 9. The van der Waals surface area contributed by atoms with Crippen molar-refractivity contribution in [2.24, 2.45) is 0 Å². The van der Waals surface area contributed by atoms with Gasteiger partial charge in [0.1, 0.15) is 34.0 Å². The lowest BCUT2D eigenvalue weighted by Crippen LogP contribution is -2.27. The zero-order valence-corrected chi connectivity index (χ0v) is 25.5. The number of ether oxygens (including phenoxy) is 3. The topological polar surface area (TPSA) is 117 Å². The third-order valence-corrected chi connectivity index (χ3v) is 7.98. The maximum Gasteiger partial charge on any atom is 0.412 e. The molecule has 0 bridgehead atoms. The zero-order valence-electron chi connectivity index (χ0n) is 24.6. The van der Waals surface area contributed by atoms with Crippen molar-refractivity contribution >= 4 is 47.0 Å². The smallest absolute Gasteiger partial charge is 0.412 e. The lowest BCUT2D eigenvalue weighted by atomic mass is 10.1. The Kier molecular flexibility index (Phi) is 9.73. The quantitative estimate of drug-likeness (QED) is 0.167. The van der Waals surface area contributed by atoms with E-state index in [-0.39, 0.29) is 13.2 Å². The molecule has 1 aromatic heterocycles. The molecule has 2 N–H and O–H groups in total. The minimum atomic E-state index is -3.53. The summed E-state index contributed by atoms with van der Waals surface area (Å²) in [6.07, 6.45) is 1.09. The molecule has 11 heteroatoms. The molecule has 0 spiro atoms. The second kappa shape index (κ2) is 13.2. The Hall–Kier alpha value is -4.11. The van der Waals surface area contributed by atoms with E-state index < -0.39 is 19.3 Å². The number of carbonyl (C=O) groups excluding carboxylic acids is 1. The van der Waals surface area contributed by atoms with Gasteiger partial charge in [-0.3, -0.25) is 9.88 Å². The van der Waals surface area contributed by atoms with E-state index in [0.29, 0.717) is 39.7 Å². The Labute approximate surface area is 245 Å². The number of rotatable bonds is 11. The third-order valence-electron chi connectivity index (χ3n) is 5.82. The molecule has 3 aromatic carbocycles. The van der Waals surface area contributed by atoms with Crippen molar-refractivity contribution in [3.05, 3.63) is 72.9 Å². The van der Waals surface area contributed by atoms with Gasteiger partial charge < -0.3 is 28.6 Å².